The van der Waals surface area contributed by atoms with Gasteiger partial charge in [-0.2, -0.15) is 0 Å². The summed E-state index contributed by atoms with van der Waals surface area (Å²) in [5.74, 6) is 1.02. The SMILES string of the molecule is Cc1cc(C2CCCN2C(=O)CN2C(=O)COc3ccccc32)on1. The van der Waals surface area contributed by atoms with E-state index in [4.69, 9.17) is 9.26 Å². The lowest BCUT2D eigenvalue weighted by Crippen LogP contribution is -2.46. The molecule has 2 aliphatic heterocycles. The Morgan fingerprint density at radius 3 is 3.00 bits per heavy atom. The highest BCUT2D eigenvalue weighted by atomic mass is 16.5. The molecule has 2 aromatic rings. The molecule has 25 heavy (non-hydrogen) atoms. The first-order valence-corrected chi connectivity index (χ1v) is 8.38. The van der Waals surface area contributed by atoms with Crippen molar-refractivity contribution in [3.05, 3.63) is 41.8 Å². The number of aromatic nitrogens is 1. The molecule has 130 valence electrons. The summed E-state index contributed by atoms with van der Waals surface area (Å²) >= 11 is 0. The zero-order valence-corrected chi connectivity index (χ0v) is 14.0. The van der Waals surface area contributed by atoms with Gasteiger partial charge in [-0.05, 0) is 31.9 Å². The van der Waals surface area contributed by atoms with Gasteiger partial charge >= 0.3 is 0 Å². The maximum atomic E-state index is 12.9. The topological polar surface area (TPSA) is 75.9 Å². The standard InChI is InChI=1S/C18H19N3O4/c1-12-9-16(25-19-12)14-6-4-8-20(14)17(22)10-21-13-5-2-3-7-15(13)24-11-18(21)23/h2-3,5,7,9,14H,4,6,8,10-11H2,1H3. The van der Waals surface area contributed by atoms with E-state index >= 15 is 0 Å². The number of carbonyl (C=O) groups is 2. The van der Waals surface area contributed by atoms with E-state index in [1.54, 1.807) is 17.0 Å². The number of hydrogen-bond donors (Lipinski definition) is 0. The van der Waals surface area contributed by atoms with Gasteiger partial charge in [-0.25, -0.2) is 0 Å². The number of fused-ring (bicyclic) bond motifs is 1. The first-order chi connectivity index (χ1) is 12.1. The molecule has 0 radical (unpaired) electrons. The van der Waals surface area contributed by atoms with Crippen molar-refractivity contribution in [1.29, 1.82) is 0 Å². The van der Waals surface area contributed by atoms with Crippen molar-refractivity contribution >= 4 is 17.5 Å². The molecule has 1 aromatic carbocycles. The van der Waals surface area contributed by atoms with Gasteiger partial charge in [0.2, 0.25) is 5.91 Å². The first kappa shape index (κ1) is 15.7. The number of ether oxygens (including phenoxy) is 1. The van der Waals surface area contributed by atoms with E-state index in [9.17, 15) is 9.59 Å². The number of para-hydroxylation sites is 2. The fourth-order valence-electron chi connectivity index (χ4n) is 3.45. The monoisotopic (exact) mass is 341 g/mol. The number of likely N-dealkylation sites (tertiary alicyclic amines) is 1. The summed E-state index contributed by atoms with van der Waals surface area (Å²) in [6, 6.07) is 9.02. The van der Waals surface area contributed by atoms with Crippen molar-refractivity contribution in [3.63, 3.8) is 0 Å². The Kier molecular flexibility index (Phi) is 3.91. The highest BCUT2D eigenvalue weighted by Crippen LogP contribution is 2.34. The van der Waals surface area contributed by atoms with Crippen molar-refractivity contribution < 1.29 is 18.8 Å². The van der Waals surface area contributed by atoms with E-state index in [1.807, 2.05) is 25.1 Å². The van der Waals surface area contributed by atoms with Crippen LogP contribution in [0.3, 0.4) is 0 Å². The van der Waals surface area contributed by atoms with E-state index < -0.39 is 0 Å². The summed E-state index contributed by atoms with van der Waals surface area (Å²) in [6.07, 6.45) is 1.75. The smallest absolute Gasteiger partial charge is 0.265 e. The summed E-state index contributed by atoms with van der Waals surface area (Å²) in [7, 11) is 0. The lowest BCUT2D eigenvalue weighted by molar-refractivity contribution is -0.133. The predicted octanol–water partition coefficient (Wildman–Crippen LogP) is 2.07. The Labute approximate surface area is 145 Å². The highest BCUT2D eigenvalue weighted by Gasteiger charge is 2.35. The van der Waals surface area contributed by atoms with Crippen LogP contribution in [-0.2, 0) is 9.59 Å². The van der Waals surface area contributed by atoms with Crippen molar-refractivity contribution in [3.8, 4) is 5.75 Å². The molecule has 1 aromatic heterocycles. The number of anilines is 1. The quantitative estimate of drug-likeness (QED) is 0.854. The second kappa shape index (κ2) is 6.23. The molecular weight excluding hydrogens is 322 g/mol. The summed E-state index contributed by atoms with van der Waals surface area (Å²) in [5, 5.41) is 3.92. The van der Waals surface area contributed by atoms with E-state index in [0.29, 0.717) is 23.7 Å². The largest absolute Gasteiger partial charge is 0.482 e. The average Bonchev–Trinajstić information content (AvgIpc) is 3.26. The van der Waals surface area contributed by atoms with Crippen LogP contribution in [0.4, 0.5) is 5.69 Å². The molecule has 0 bridgehead atoms. The zero-order valence-electron chi connectivity index (χ0n) is 14.0. The number of benzene rings is 1. The third-order valence-corrected chi connectivity index (χ3v) is 4.65. The third kappa shape index (κ3) is 2.86. The lowest BCUT2D eigenvalue weighted by Gasteiger charge is -2.31. The molecular formula is C18H19N3O4. The van der Waals surface area contributed by atoms with Crippen molar-refractivity contribution in [2.75, 3.05) is 24.6 Å². The van der Waals surface area contributed by atoms with Crippen molar-refractivity contribution in [2.45, 2.75) is 25.8 Å². The highest BCUT2D eigenvalue weighted by molar-refractivity contribution is 6.02. The zero-order chi connectivity index (χ0) is 17.4. The summed E-state index contributed by atoms with van der Waals surface area (Å²) < 4.78 is 10.8. The van der Waals surface area contributed by atoms with Crippen LogP contribution in [-0.4, -0.2) is 41.6 Å². The Bertz CT molecular complexity index is 816. The number of aryl methyl sites for hydroxylation is 1. The predicted molar refractivity (Wildman–Crippen MR) is 89.2 cm³/mol. The van der Waals surface area contributed by atoms with Crippen LogP contribution in [0, 0.1) is 6.92 Å². The molecule has 0 spiro atoms. The Morgan fingerprint density at radius 1 is 1.36 bits per heavy atom. The van der Waals surface area contributed by atoms with Crippen LogP contribution in [0.15, 0.2) is 34.9 Å². The van der Waals surface area contributed by atoms with Gasteiger partial charge in [0.05, 0.1) is 17.4 Å². The van der Waals surface area contributed by atoms with E-state index in [0.717, 1.165) is 18.5 Å². The van der Waals surface area contributed by atoms with Gasteiger partial charge in [0.15, 0.2) is 12.4 Å². The molecule has 4 rings (SSSR count). The average molecular weight is 341 g/mol. The fourth-order valence-corrected chi connectivity index (χ4v) is 3.45. The molecule has 7 nitrogen and oxygen atoms in total. The number of hydrogen-bond acceptors (Lipinski definition) is 5. The molecule has 1 saturated heterocycles. The summed E-state index contributed by atoms with van der Waals surface area (Å²) in [4.78, 5) is 28.4. The fraction of sp³-hybridized carbons (Fsp3) is 0.389. The maximum absolute atomic E-state index is 12.9. The van der Waals surface area contributed by atoms with Gasteiger partial charge in [-0.15, -0.1) is 0 Å². The van der Waals surface area contributed by atoms with Gasteiger partial charge in [0, 0.05) is 12.6 Å². The molecule has 2 amide bonds. The van der Waals surface area contributed by atoms with Gasteiger partial charge in [-0.1, -0.05) is 17.3 Å². The van der Waals surface area contributed by atoms with E-state index in [-0.39, 0.29) is 31.0 Å². The van der Waals surface area contributed by atoms with Crippen LogP contribution in [0.2, 0.25) is 0 Å². The third-order valence-electron chi connectivity index (χ3n) is 4.65. The molecule has 0 aliphatic carbocycles. The summed E-state index contributed by atoms with van der Waals surface area (Å²) in [5.41, 5.74) is 1.44. The van der Waals surface area contributed by atoms with Gasteiger partial charge in [0.1, 0.15) is 12.3 Å². The van der Waals surface area contributed by atoms with Crippen LogP contribution in [0.25, 0.3) is 0 Å². The Morgan fingerprint density at radius 2 is 2.20 bits per heavy atom. The first-order valence-electron chi connectivity index (χ1n) is 8.38. The minimum absolute atomic E-state index is 0.00280. The lowest BCUT2D eigenvalue weighted by atomic mass is 10.1. The molecule has 1 atom stereocenters. The molecule has 7 heteroatoms. The number of rotatable bonds is 3. The van der Waals surface area contributed by atoms with E-state index in [1.165, 1.54) is 4.90 Å². The van der Waals surface area contributed by atoms with Crippen molar-refractivity contribution in [1.82, 2.24) is 10.1 Å². The molecule has 3 heterocycles. The molecule has 1 fully saturated rings. The van der Waals surface area contributed by atoms with Gasteiger partial charge in [-0.3, -0.25) is 14.5 Å². The molecule has 2 aliphatic rings. The normalized spacial score (nSPS) is 19.7. The number of amides is 2. The van der Waals surface area contributed by atoms with Crippen LogP contribution >= 0.6 is 0 Å². The minimum atomic E-state index is -0.210. The second-order valence-corrected chi connectivity index (χ2v) is 6.35. The Hall–Kier alpha value is -2.83. The van der Waals surface area contributed by atoms with Crippen LogP contribution < -0.4 is 9.64 Å². The van der Waals surface area contributed by atoms with Crippen LogP contribution in [0.5, 0.6) is 5.75 Å². The summed E-state index contributed by atoms with van der Waals surface area (Å²) in [6.45, 7) is 2.47. The van der Waals surface area contributed by atoms with Gasteiger partial charge < -0.3 is 14.2 Å². The van der Waals surface area contributed by atoms with Crippen LogP contribution in [0.1, 0.15) is 30.3 Å². The van der Waals surface area contributed by atoms with Gasteiger partial charge in [0.25, 0.3) is 5.91 Å². The molecule has 0 N–H and O–H groups in total. The minimum Gasteiger partial charge on any atom is -0.482 e. The van der Waals surface area contributed by atoms with E-state index in [2.05, 4.69) is 5.16 Å². The molecule has 0 saturated carbocycles. The number of nitrogens with zero attached hydrogens (tertiary/aromatic N) is 3. The Balaban J connectivity index is 1.54. The number of carbonyl (C=O) groups excluding carboxylic acids is 2. The van der Waals surface area contributed by atoms with Crippen molar-refractivity contribution in [2.24, 2.45) is 0 Å². The second-order valence-electron chi connectivity index (χ2n) is 6.35. The maximum Gasteiger partial charge on any atom is 0.265 e. The molecule has 1 unspecified atom stereocenters.